The van der Waals surface area contributed by atoms with Gasteiger partial charge in [-0.15, -0.1) is 0 Å². The molecule has 0 aliphatic heterocycles. The molecule has 2 fully saturated rings. The number of benzene rings is 1. The van der Waals surface area contributed by atoms with E-state index in [4.69, 9.17) is 9.47 Å². The Balaban J connectivity index is 1.61. The molecule has 0 atom stereocenters. The first-order chi connectivity index (χ1) is 11.7. The molecule has 132 valence electrons. The average molecular weight is 331 g/mol. The summed E-state index contributed by atoms with van der Waals surface area (Å²) in [6.45, 7) is 3.60. The van der Waals surface area contributed by atoms with Crippen LogP contribution < -0.4 is 20.1 Å². The van der Waals surface area contributed by atoms with Gasteiger partial charge in [-0.25, -0.2) is 0 Å². The van der Waals surface area contributed by atoms with Crippen molar-refractivity contribution in [1.82, 2.24) is 5.32 Å². The van der Waals surface area contributed by atoms with Gasteiger partial charge < -0.3 is 20.1 Å². The van der Waals surface area contributed by atoms with Crippen molar-refractivity contribution in [2.24, 2.45) is 16.3 Å². The molecule has 5 heteroatoms. The highest BCUT2D eigenvalue weighted by Gasteiger charge is 2.48. The zero-order chi connectivity index (χ0) is 17.0. The molecule has 0 aromatic heterocycles. The van der Waals surface area contributed by atoms with Crippen molar-refractivity contribution in [3.63, 3.8) is 0 Å². The smallest absolute Gasteiger partial charge is 0.195 e. The highest BCUT2D eigenvalue weighted by atomic mass is 16.5. The quantitative estimate of drug-likeness (QED) is 0.591. The third-order valence-corrected chi connectivity index (χ3v) is 5.35. The van der Waals surface area contributed by atoms with E-state index in [1.807, 2.05) is 32.2 Å². The number of nitrogens with zero attached hydrogens (tertiary/aromatic N) is 1. The lowest BCUT2D eigenvalue weighted by molar-refractivity contribution is 0.106. The van der Waals surface area contributed by atoms with Crippen molar-refractivity contribution < 1.29 is 9.47 Å². The normalized spacial score (nSPS) is 19.4. The molecule has 2 aliphatic carbocycles. The molecule has 0 bridgehead atoms. The Bertz CT molecular complexity index is 592. The van der Waals surface area contributed by atoms with E-state index >= 15 is 0 Å². The second-order valence-corrected chi connectivity index (χ2v) is 6.84. The van der Waals surface area contributed by atoms with Gasteiger partial charge in [0, 0.05) is 25.3 Å². The standard InChI is InChI=1S/C19H29N3O2/c1-4-24-17-12-15(8-9-16(17)23-3)22-18(20-2)21-13-19(10-5-11-19)14-6-7-14/h8-9,12,14H,4-7,10-11,13H2,1-3H3,(H2,20,21,22). The fourth-order valence-electron chi connectivity index (χ4n) is 3.65. The number of hydrogen-bond donors (Lipinski definition) is 2. The monoisotopic (exact) mass is 331 g/mol. The van der Waals surface area contributed by atoms with Crippen LogP contribution in [-0.2, 0) is 0 Å². The summed E-state index contributed by atoms with van der Waals surface area (Å²) in [5, 5.41) is 6.89. The molecular formula is C19H29N3O2. The molecule has 3 rings (SSSR count). The maximum absolute atomic E-state index is 5.64. The van der Waals surface area contributed by atoms with E-state index in [0.717, 1.165) is 35.6 Å². The first-order valence-corrected chi connectivity index (χ1v) is 8.99. The summed E-state index contributed by atoms with van der Waals surface area (Å²) in [4.78, 5) is 4.37. The molecule has 5 nitrogen and oxygen atoms in total. The van der Waals surface area contributed by atoms with Crippen LogP contribution in [0.5, 0.6) is 11.5 Å². The van der Waals surface area contributed by atoms with Crippen molar-refractivity contribution in [3.8, 4) is 11.5 Å². The van der Waals surface area contributed by atoms with Gasteiger partial charge in [0.1, 0.15) is 0 Å². The number of hydrogen-bond acceptors (Lipinski definition) is 3. The lowest BCUT2D eigenvalue weighted by Crippen LogP contribution is -2.45. The third-order valence-electron chi connectivity index (χ3n) is 5.35. The Morgan fingerprint density at radius 3 is 2.62 bits per heavy atom. The van der Waals surface area contributed by atoms with Crippen molar-refractivity contribution in [1.29, 1.82) is 0 Å². The fraction of sp³-hybridized carbons (Fsp3) is 0.632. The fourth-order valence-corrected chi connectivity index (χ4v) is 3.65. The van der Waals surface area contributed by atoms with Crippen molar-refractivity contribution in [2.45, 2.75) is 39.0 Å². The first-order valence-electron chi connectivity index (χ1n) is 8.99. The SMILES string of the molecule is CCOc1cc(NC(=NC)NCC2(C3CC3)CCC2)ccc1OC. The summed E-state index contributed by atoms with van der Waals surface area (Å²) in [5.41, 5.74) is 1.47. The number of guanidine groups is 1. The minimum Gasteiger partial charge on any atom is -0.493 e. The highest BCUT2D eigenvalue weighted by Crippen LogP contribution is 2.56. The number of ether oxygens (including phenoxy) is 2. The summed E-state index contributed by atoms with van der Waals surface area (Å²) in [5.74, 6) is 3.23. The van der Waals surface area contributed by atoms with E-state index in [1.165, 1.54) is 32.1 Å². The van der Waals surface area contributed by atoms with E-state index in [1.54, 1.807) is 7.11 Å². The Labute approximate surface area is 144 Å². The minimum atomic E-state index is 0.522. The van der Waals surface area contributed by atoms with Crippen LogP contribution in [0.1, 0.15) is 39.0 Å². The van der Waals surface area contributed by atoms with Crippen LogP contribution in [0.4, 0.5) is 5.69 Å². The first kappa shape index (κ1) is 16.9. The van der Waals surface area contributed by atoms with Gasteiger partial charge in [0.2, 0.25) is 0 Å². The molecule has 24 heavy (non-hydrogen) atoms. The van der Waals surface area contributed by atoms with E-state index in [2.05, 4.69) is 15.6 Å². The average Bonchev–Trinajstić information content (AvgIpc) is 3.38. The van der Waals surface area contributed by atoms with E-state index in [-0.39, 0.29) is 0 Å². The van der Waals surface area contributed by atoms with Crippen LogP contribution in [0.2, 0.25) is 0 Å². The molecule has 0 saturated heterocycles. The predicted molar refractivity (Wildman–Crippen MR) is 98.2 cm³/mol. The van der Waals surface area contributed by atoms with Gasteiger partial charge in [0.05, 0.1) is 13.7 Å². The highest BCUT2D eigenvalue weighted by molar-refractivity contribution is 5.93. The predicted octanol–water partition coefficient (Wildman–Crippen LogP) is 3.66. The lowest BCUT2D eigenvalue weighted by atomic mass is 9.65. The number of anilines is 1. The minimum absolute atomic E-state index is 0.522. The van der Waals surface area contributed by atoms with Crippen molar-refractivity contribution in [3.05, 3.63) is 18.2 Å². The molecule has 2 N–H and O–H groups in total. The molecule has 0 unspecified atom stereocenters. The molecule has 1 aromatic rings. The molecule has 0 spiro atoms. The second-order valence-electron chi connectivity index (χ2n) is 6.84. The Kier molecular flexibility index (Phi) is 5.17. The van der Waals surface area contributed by atoms with Gasteiger partial charge >= 0.3 is 0 Å². The van der Waals surface area contributed by atoms with Gasteiger partial charge in [-0.3, -0.25) is 4.99 Å². The Morgan fingerprint density at radius 2 is 2.08 bits per heavy atom. The molecule has 0 radical (unpaired) electrons. The van der Waals surface area contributed by atoms with E-state index < -0.39 is 0 Å². The lowest BCUT2D eigenvalue weighted by Gasteiger charge is -2.43. The maximum atomic E-state index is 5.64. The molecule has 2 aliphatic rings. The van der Waals surface area contributed by atoms with Gasteiger partial charge in [0.15, 0.2) is 17.5 Å². The van der Waals surface area contributed by atoms with Crippen molar-refractivity contribution >= 4 is 11.6 Å². The van der Waals surface area contributed by atoms with Crippen molar-refractivity contribution in [2.75, 3.05) is 32.6 Å². The van der Waals surface area contributed by atoms with Crippen LogP contribution in [0.3, 0.4) is 0 Å². The van der Waals surface area contributed by atoms with E-state index in [0.29, 0.717) is 12.0 Å². The number of rotatable bonds is 7. The largest absolute Gasteiger partial charge is 0.493 e. The molecule has 1 aromatic carbocycles. The zero-order valence-corrected chi connectivity index (χ0v) is 15.0. The summed E-state index contributed by atoms with van der Waals surface area (Å²) >= 11 is 0. The topological polar surface area (TPSA) is 54.9 Å². The molecular weight excluding hydrogens is 302 g/mol. The number of aliphatic imine (C=N–C) groups is 1. The summed E-state index contributed by atoms with van der Waals surface area (Å²) in [6.07, 6.45) is 6.91. The molecule has 0 heterocycles. The Morgan fingerprint density at radius 1 is 1.29 bits per heavy atom. The van der Waals surface area contributed by atoms with Gasteiger partial charge in [-0.2, -0.15) is 0 Å². The summed E-state index contributed by atoms with van der Waals surface area (Å²) in [6, 6.07) is 5.85. The molecule has 2 saturated carbocycles. The van der Waals surface area contributed by atoms with Gasteiger partial charge in [0.25, 0.3) is 0 Å². The zero-order valence-electron chi connectivity index (χ0n) is 15.0. The van der Waals surface area contributed by atoms with Crippen LogP contribution in [0.25, 0.3) is 0 Å². The van der Waals surface area contributed by atoms with Crippen LogP contribution in [0.15, 0.2) is 23.2 Å². The second kappa shape index (κ2) is 7.32. The van der Waals surface area contributed by atoms with E-state index in [9.17, 15) is 0 Å². The van der Waals surface area contributed by atoms with Crippen LogP contribution in [0, 0.1) is 11.3 Å². The summed E-state index contributed by atoms with van der Waals surface area (Å²) < 4.78 is 11.0. The summed E-state index contributed by atoms with van der Waals surface area (Å²) in [7, 11) is 3.47. The number of methoxy groups -OCH3 is 1. The van der Waals surface area contributed by atoms with Gasteiger partial charge in [-0.1, -0.05) is 6.42 Å². The Hall–Kier alpha value is -1.91. The number of nitrogens with one attached hydrogen (secondary N) is 2. The van der Waals surface area contributed by atoms with Crippen LogP contribution >= 0.6 is 0 Å². The molecule has 0 amide bonds. The van der Waals surface area contributed by atoms with Crippen LogP contribution in [-0.4, -0.2) is 33.3 Å². The maximum Gasteiger partial charge on any atom is 0.195 e. The third kappa shape index (κ3) is 3.60. The van der Waals surface area contributed by atoms with Gasteiger partial charge in [-0.05, 0) is 56.1 Å².